The molecule has 0 atom stereocenters. The van der Waals surface area contributed by atoms with Gasteiger partial charge >= 0.3 is 11.7 Å². The number of benzene rings is 1. The molecule has 104 valence electrons. The van der Waals surface area contributed by atoms with Crippen molar-refractivity contribution in [1.29, 1.82) is 0 Å². The standard InChI is InChI=1S/C12H11N3O5/c16-12(17)10-3-1-2-4-11(10)20-6-5-14-8-9(7-13-14)15(18)19/h1-4,7-8H,5-6H2,(H,16,17). The highest BCUT2D eigenvalue weighted by molar-refractivity contribution is 5.90. The Balaban J connectivity index is 1.96. The number of ether oxygens (including phenoxy) is 1. The number of aromatic nitrogens is 2. The van der Waals surface area contributed by atoms with Crippen LogP contribution in [0, 0.1) is 10.1 Å². The van der Waals surface area contributed by atoms with Gasteiger partial charge in [-0.15, -0.1) is 0 Å². The Morgan fingerprint density at radius 1 is 1.45 bits per heavy atom. The van der Waals surface area contributed by atoms with Gasteiger partial charge in [0.1, 0.15) is 30.3 Å². The quantitative estimate of drug-likeness (QED) is 0.634. The van der Waals surface area contributed by atoms with E-state index in [1.165, 1.54) is 16.9 Å². The largest absolute Gasteiger partial charge is 0.491 e. The summed E-state index contributed by atoms with van der Waals surface area (Å²) < 4.78 is 6.72. The predicted molar refractivity (Wildman–Crippen MR) is 67.8 cm³/mol. The molecule has 0 aliphatic heterocycles. The third-order valence-corrected chi connectivity index (χ3v) is 2.53. The van der Waals surface area contributed by atoms with E-state index in [0.29, 0.717) is 0 Å². The summed E-state index contributed by atoms with van der Waals surface area (Å²) in [6.07, 6.45) is 2.43. The number of carboxylic acids is 1. The van der Waals surface area contributed by atoms with Crippen molar-refractivity contribution in [1.82, 2.24) is 9.78 Å². The van der Waals surface area contributed by atoms with Crippen LogP contribution in [-0.4, -0.2) is 32.4 Å². The minimum absolute atomic E-state index is 0.0685. The van der Waals surface area contributed by atoms with E-state index in [9.17, 15) is 14.9 Å². The number of hydrogen-bond acceptors (Lipinski definition) is 5. The Hall–Kier alpha value is -2.90. The Morgan fingerprint density at radius 3 is 2.85 bits per heavy atom. The van der Waals surface area contributed by atoms with E-state index in [1.54, 1.807) is 18.2 Å². The molecule has 2 rings (SSSR count). The Labute approximate surface area is 113 Å². The molecular formula is C12H11N3O5. The average Bonchev–Trinajstić information content (AvgIpc) is 2.88. The van der Waals surface area contributed by atoms with Gasteiger partial charge in [0.05, 0.1) is 11.5 Å². The van der Waals surface area contributed by atoms with Crippen LogP contribution in [0.4, 0.5) is 5.69 Å². The van der Waals surface area contributed by atoms with Crippen molar-refractivity contribution in [2.24, 2.45) is 0 Å². The van der Waals surface area contributed by atoms with Gasteiger partial charge in [0.25, 0.3) is 0 Å². The maximum atomic E-state index is 11.0. The molecule has 1 aromatic carbocycles. The van der Waals surface area contributed by atoms with Crippen molar-refractivity contribution in [3.05, 3.63) is 52.3 Å². The zero-order chi connectivity index (χ0) is 14.5. The lowest BCUT2D eigenvalue weighted by Gasteiger charge is -2.08. The predicted octanol–water partition coefficient (Wildman–Crippen LogP) is 1.57. The summed E-state index contributed by atoms with van der Waals surface area (Å²) in [5.74, 6) is -0.822. The van der Waals surface area contributed by atoms with E-state index in [1.807, 2.05) is 0 Å². The average molecular weight is 277 g/mol. The molecule has 20 heavy (non-hydrogen) atoms. The number of para-hydroxylation sites is 1. The summed E-state index contributed by atoms with van der Waals surface area (Å²) in [6, 6.07) is 6.26. The van der Waals surface area contributed by atoms with E-state index >= 15 is 0 Å². The summed E-state index contributed by atoms with van der Waals surface area (Å²) in [6.45, 7) is 0.435. The molecule has 0 radical (unpaired) electrons. The van der Waals surface area contributed by atoms with Gasteiger partial charge in [-0.1, -0.05) is 12.1 Å². The second kappa shape index (κ2) is 5.83. The molecule has 0 aliphatic carbocycles. The number of hydrogen-bond donors (Lipinski definition) is 1. The summed E-state index contributed by atoms with van der Waals surface area (Å²) in [7, 11) is 0. The van der Waals surface area contributed by atoms with Gasteiger partial charge in [0, 0.05) is 0 Å². The van der Waals surface area contributed by atoms with Crippen LogP contribution in [0.3, 0.4) is 0 Å². The van der Waals surface area contributed by atoms with Crippen LogP contribution in [0.15, 0.2) is 36.7 Å². The number of carboxylic acid groups (broad SMARTS) is 1. The highest BCUT2D eigenvalue weighted by atomic mass is 16.6. The van der Waals surface area contributed by atoms with Crippen molar-refractivity contribution in [3.63, 3.8) is 0 Å². The number of carbonyl (C=O) groups is 1. The number of nitro groups is 1. The van der Waals surface area contributed by atoms with Crippen LogP contribution in [0.25, 0.3) is 0 Å². The van der Waals surface area contributed by atoms with E-state index in [-0.39, 0.29) is 30.2 Å². The van der Waals surface area contributed by atoms with Gasteiger partial charge < -0.3 is 9.84 Å². The molecule has 0 saturated carbocycles. The number of rotatable bonds is 6. The van der Waals surface area contributed by atoms with Crippen LogP contribution in [0.5, 0.6) is 5.75 Å². The molecule has 0 fully saturated rings. The molecule has 8 nitrogen and oxygen atoms in total. The van der Waals surface area contributed by atoms with Gasteiger partial charge in [0.2, 0.25) is 0 Å². The topological polar surface area (TPSA) is 107 Å². The van der Waals surface area contributed by atoms with E-state index in [4.69, 9.17) is 9.84 Å². The van der Waals surface area contributed by atoms with Gasteiger partial charge in [-0.2, -0.15) is 5.10 Å². The smallest absolute Gasteiger partial charge is 0.339 e. The fourth-order valence-corrected chi connectivity index (χ4v) is 1.59. The van der Waals surface area contributed by atoms with Crippen LogP contribution >= 0.6 is 0 Å². The molecule has 1 N–H and O–H groups in total. The number of nitrogens with zero attached hydrogens (tertiary/aromatic N) is 3. The molecule has 1 aromatic heterocycles. The molecule has 0 bridgehead atoms. The van der Waals surface area contributed by atoms with Crippen LogP contribution < -0.4 is 4.74 Å². The maximum Gasteiger partial charge on any atom is 0.339 e. The minimum Gasteiger partial charge on any atom is -0.491 e. The molecule has 0 aliphatic rings. The zero-order valence-corrected chi connectivity index (χ0v) is 10.3. The first-order chi connectivity index (χ1) is 9.58. The van der Waals surface area contributed by atoms with Crippen LogP contribution in [0.1, 0.15) is 10.4 Å². The first-order valence-corrected chi connectivity index (χ1v) is 5.70. The fraction of sp³-hybridized carbons (Fsp3) is 0.167. The molecule has 2 aromatic rings. The molecule has 0 spiro atoms. The van der Waals surface area contributed by atoms with E-state index in [2.05, 4.69) is 5.10 Å². The van der Waals surface area contributed by atoms with E-state index in [0.717, 1.165) is 6.20 Å². The fourth-order valence-electron chi connectivity index (χ4n) is 1.59. The SMILES string of the molecule is O=C(O)c1ccccc1OCCn1cc([N+](=O)[O-])cn1. The monoisotopic (exact) mass is 277 g/mol. The molecule has 1 heterocycles. The summed E-state index contributed by atoms with van der Waals surface area (Å²) in [4.78, 5) is 20.9. The second-order valence-electron chi connectivity index (χ2n) is 3.87. The van der Waals surface area contributed by atoms with Crippen LogP contribution in [0.2, 0.25) is 0 Å². The third-order valence-electron chi connectivity index (χ3n) is 2.53. The number of aromatic carboxylic acids is 1. The summed E-state index contributed by atoms with van der Waals surface area (Å²) >= 11 is 0. The molecule has 0 saturated heterocycles. The normalized spacial score (nSPS) is 10.2. The molecule has 8 heteroatoms. The zero-order valence-electron chi connectivity index (χ0n) is 10.3. The third kappa shape index (κ3) is 3.10. The van der Waals surface area contributed by atoms with Gasteiger partial charge in [-0.05, 0) is 12.1 Å². The summed E-state index contributed by atoms with van der Waals surface area (Å²) in [5, 5.41) is 23.3. The first kappa shape index (κ1) is 13.5. The Kier molecular flexibility index (Phi) is 3.94. The van der Waals surface area contributed by atoms with Gasteiger partial charge in [-0.3, -0.25) is 14.8 Å². The van der Waals surface area contributed by atoms with E-state index < -0.39 is 10.9 Å². The highest BCUT2D eigenvalue weighted by Gasteiger charge is 2.11. The van der Waals surface area contributed by atoms with Crippen molar-refractivity contribution in [2.45, 2.75) is 6.54 Å². The van der Waals surface area contributed by atoms with Crippen molar-refractivity contribution < 1.29 is 19.6 Å². The van der Waals surface area contributed by atoms with Gasteiger partial charge in [0.15, 0.2) is 0 Å². The van der Waals surface area contributed by atoms with Crippen molar-refractivity contribution in [2.75, 3.05) is 6.61 Å². The maximum absolute atomic E-state index is 11.0. The lowest BCUT2D eigenvalue weighted by Crippen LogP contribution is -2.10. The van der Waals surface area contributed by atoms with Crippen molar-refractivity contribution >= 4 is 11.7 Å². The summed E-state index contributed by atoms with van der Waals surface area (Å²) in [5.41, 5.74) is -0.0325. The second-order valence-corrected chi connectivity index (χ2v) is 3.87. The van der Waals surface area contributed by atoms with Crippen molar-refractivity contribution in [3.8, 4) is 5.75 Å². The Morgan fingerprint density at radius 2 is 2.20 bits per heavy atom. The molecule has 0 unspecified atom stereocenters. The highest BCUT2D eigenvalue weighted by Crippen LogP contribution is 2.17. The first-order valence-electron chi connectivity index (χ1n) is 5.70. The van der Waals surface area contributed by atoms with Gasteiger partial charge in [-0.25, -0.2) is 4.79 Å². The lowest BCUT2D eigenvalue weighted by molar-refractivity contribution is -0.385. The van der Waals surface area contributed by atoms with Crippen LogP contribution in [-0.2, 0) is 6.54 Å². The molecular weight excluding hydrogens is 266 g/mol. The minimum atomic E-state index is -1.07. The Bertz CT molecular complexity index is 638. The molecule has 0 amide bonds. The lowest BCUT2D eigenvalue weighted by atomic mass is 10.2.